The number of rotatable bonds is 4. The first-order valence-electron chi connectivity index (χ1n) is 7.17. The van der Waals surface area contributed by atoms with Gasteiger partial charge in [0.05, 0.1) is 7.85 Å². The van der Waals surface area contributed by atoms with Gasteiger partial charge >= 0.3 is 12.1 Å². The lowest BCUT2D eigenvalue weighted by atomic mass is 9.94. The number of hydrogen-bond acceptors (Lipinski definition) is 2. The van der Waals surface area contributed by atoms with Gasteiger partial charge < -0.3 is 10.1 Å². The molecule has 2 aromatic rings. The molecule has 24 heavy (non-hydrogen) atoms. The summed E-state index contributed by atoms with van der Waals surface area (Å²) in [5.41, 5.74) is 1.87. The Bertz CT molecular complexity index is 760. The molecule has 0 aliphatic rings. The first-order valence-corrected chi connectivity index (χ1v) is 7.17. The van der Waals surface area contributed by atoms with Crippen LogP contribution in [0.25, 0.3) is 0 Å². The van der Waals surface area contributed by atoms with Crippen molar-refractivity contribution in [2.45, 2.75) is 26.3 Å². The van der Waals surface area contributed by atoms with Gasteiger partial charge in [-0.3, -0.25) is 4.79 Å². The molecular formula is C17H15BF3NO2. The third kappa shape index (κ3) is 4.10. The molecule has 0 aliphatic carbocycles. The van der Waals surface area contributed by atoms with Crippen molar-refractivity contribution in [2.24, 2.45) is 0 Å². The fourth-order valence-electron chi connectivity index (χ4n) is 2.11. The number of alkyl halides is 3. The van der Waals surface area contributed by atoms with Crippen molar-refractivity contribution >= 4 is 19.4 Å². The molecule has 1 amide bonds. The number of para-hydroxylation sites is 1. The monoisotopic (exact) mass is 333 g/mol. The van der Waals surface area contributed by atoms with Gasteiger partial charge in [0.2, 0.25) is 0 Å². The van der Waals surface area contributed by atoms with E-state index in [9.17, 15) is 18.0 Å². The summed E-state index contributed by atoms with van der Waals surface area (Å²) in [6, 6.07) is 10.3. The molecule has 0 unspecified atom stereocenters. The van der Waals surface area contributed by atoms with E-state index < -0.39 is 12.1 Å². The van der Waals surface area contributed by atoms with Crippen molar-refractivity contribution in [1.82, 2.24) is 0 Å². The molecule has 0 heterocycles. The molecule has 3 nitrogen and oxygen atoms in total. The van der Waals surface area contributed by atoms with Crippen LogP contribution in [0.4, 0.5) is 18.9 Å². The summed E-state index contributed by atoms with van der Waals surface area (Å²) in [5.74, 6) is -0.936. The number of ether oxygens (including phenoxy) is 1. The summed E-state index contributed by atoms with van der Waals surface area (Å²) in [4.78, 5) is 11.1. The predicted molar refractivity (Wildman–Crippen MR) is 86.6 cm³/mol. The summed E-state index contributed by atoms with van der Waals surface area (Å²) < 4.78 is 43.1. The molecule has 0 spiro atoms. The molecule has 7 heteroatoms. The molecule has 0 aromatic heterocycles. The minimum atomic E-state index is -4.96. The molecule has 124 valence electrons. The van der Waals surface area contributed by atoms with Gasteiger partial charge in [0, 0.05) is 5.69 Å². The number of halogens is 3. The van der Waals surface area contributed by atoms with E-state index in [0.717, 1.165) is 5.56 Å². The Labute approximate surface area is 139 Å². The fraction of sp³-hybridized carbons (Fsp3) is 0.235. The molecule has 1 N–H and O–H groups in total. The summed E-state index contributed by atoms with van der Waals surface area (Å²) >= 11 is 0. The molecule has 0 saturated carbocycles. The van der Waals surface area contributed by atoms with Gasteiger partial charge in [-0.05, 0) is 48.7 Å². The van der Waals surface area contributed by atoms with Crippen LogP contribution in [0.15, 0.2) is 36.4 Å². The van der Waals surface area contributed by atoms with Crippen LogP contribution in [-0.2, 0) is 11.1 Å². The van der Waals surface area contributed by atoms with Crippen molar-refractivity contribution in [3.8, 4) is 11.5 Å². The van der Waals surface area contributed by atoms with Crippen LogP contribution in [0.3, 0.4) is 0 Å². The van der Waals surface area contributed by atoms with Crippen molar-refractivity contribution in [2.75, 3.05) is 5.32 Å². The lowest BCUT2D eigenvalue weighted by Gasteiger charge is -2.16. The SMILES string of the molecule is [B]Cc1cc(Oc2ccccc2C)c(C)cc1NC(=O)C(F)(F)F. The molecule has 0 saturated heterocycles. The van der Waals surface area contributed by atoms with Crippen LogP contribution in [-0.4, -0.2) is 19.9 Å². The fourth-order valence-corrected chi connectivity index (χ4v) is 2.11. The number of nitrogens with one attached hydrogen (secondary N) is 1. The van der Waals surface area contributed by atoms with Crippen molar-refractivity contribution in [1.29, 1.82) is 0 Å². The van der Waals surface area contributed by atoms with Gasteiger partial charge in [0.1, 0.15) is 11.5 Å². The molecule has 2 aromatic carbocycles. The normalized spacial score (nSPS) is 11.2. The molecule has 2 rings (SSSR count). The number of hydrogen-bond donors (Lipinski definition) is 1. The summed E-state index contributed by atoms with van der Waals surface area (Å²) in [6.45, 7) is 3.56. The van der Waals surface area contributed by atoms with Crippen LogP contribution in [0.2, 0.25) is 0 Å². The Hall–Kier alpha value is -2.44. The zero-order valence-electron chi connectivity index (χ0n) is 13.2. The number of carbonyl (C=O) groups excluding carboxylic acids is 1. The minimum Gasteiger partial charge on any atom is -0.457 e. The molecular weight excluding hydrogens is 318 g/mol. The zero-order valence-corrected chi connectivity index (χ0v) is 13.2. The van der Waals surface area contributed by atoms with Crippen molar-refractivity contribution < 1.29 is 22.7 Å². The van der Waals surface area contributed by atoms with Crippen molar-refractivity contribution in [3.05, 3.63) is 53.1 Å². The molecule has 2 radical (unpaired) electrons. The minimum absolute atomic E-state index is 0.0226. The Morgan fingerprint density at radius 3 is 2.38 bits per heavy atom. The highest BCUT2D eigenvalue weighted by Gasteiger charge is 2.39. The highest BCUT2D eigenvalue weighted by molar-refractivity contribution is 6.09. The van der Waals surface area contributed by atoms with Crippen molar-refractivity contribution in [3.63, 3.8) is 0 Å². The number of benzene rings is 2. The van der Waals surface area contributed by atoms with Crippen LogP contribution in [0.1, 0.15) is 16.7 Å². The Morgan fingerprint density at radius 2 is 1.79 bits per heavy atom. The van der Waals surface area contributed by atoms with Crippen LogP contribution < -0.4 is 10.1 Å². The average molecular weight is 333 g/mol. The average Bonchev–Trinajstić information content (AvgIpc) is 2.51. The van der Waals surface area contributed by atoms with E-state index in [1.807, 2.05) is 30.4 Å². The first-order chi connectivity index (χ1) is 11.2. The maximum absolute atomic E-state index is 12.4. The predicted octanol–water partition coefficient (Wildman–Crippen LogP) is 4.27. The van der Waals surface area contributed by atoms with Gasteiger partial charge in [-0.1, -0.05) is 24.5 Å². The number of amides is 1. The first kappa shape index (κ1) is 17.9. The lowest BCUT2D eigenvalue weighted by Crippen LogP contribution is -2.30. The Kier molecular flexibility index (Phi) is 5.21. The quantitative estimate of drug-likeness (QED) is 0.849. The van der Waals surface area contributed by atoms with Gasteiger partial charge in [-0.25, -0.2) is 0 Å². The van der Waals surface area contributed by atoms with Gasteiger partial charge in [0.15, 0.2) is 0 Å². The second-order valence-corrected chi connectivity index (χ2v) is 5.30. The Balaban J connectivity index is 2.33. The zero-order chi connectivity index (χ0) is 17.9. The highest BCUT2D eigenvalue weighted by Crippen LogP contribution is 2.32. The van der Waals surface area contributed by atoms with Gasteiger partial charge in [0.25, 0.3) is 0 Å². The van der Waals surface area contributed by atoms with Crippen LogP contribution >= 0.6 is 0 Å². The second-order valence-electron chi connectivity index (χ2n) is 5.30. The molecule has 0 fully saturated rings. The van der Waals surface area contributed by atoms with E-state index in [1.165, 1.54) is 12.1 Å². The largest absolute Gasteiger partial charge is 0.471 e. The van der Waals surface area contributed by atoms with Gasteiger partial charge in [-0.2, -0.15) is 13.2 Å². The standard InChI is InChI=1S/C17H15BF3NO2/c1-10-5-3-4-6-14(10)24-15-8-12(9-18)13(7-11(15)2)22-16(23)17(19,20)21/h3-8H,9H2,1-2H3,(H,22,23). The summed E-state index contributed by atoms with van der Waals surface area (Å²) in [7, 11) is 5.59. The maximum atomic E-state index is 12.4. The molecule has 0 atom stereocenters. The van der Waals surface area contributed by atoms with E-state index in [-0.39, 0.29) is 12.0 Å². The number of aryl methyl sites for hydroxylation is 2. The third-order valence-electron chi connectivity index (χ3n) is 3.44. The second kappa shape index (κ2) is 6.99. The topological polar surface area (TPSA) is 38.3 Å². The molecule has 0 bridgehead atoms. The number of anilines is 1. The van der Waals surface area contributed by atoms with E-state index >= 15 is 0 Å². The number of carbonyl (C=O) groups is 1. The highest BCUT2D eigenvalue weighted by atomic mass is 19.4. The smallest absolute Gasteiger partial charge is 0.457 e. The molecule has 0 aliphatic heterocycles. The Morgan fingerprint density at radius 1 is 1.12 bits per heavy atom. The van der Waals surface area contributed by atoms with Crippen LogP contribution in [0.5, 0.6) is 11.5 Å². The third-order valence-corrected chi connectivity index (χ3v) is 3.44. The van der Waals surface area contributed by atoms with E-state index in [4.69, 9.17) is 12.6 Å². The van der Waals surface area contributed by atoms with E-state index in [2.05, 4.69) is 0 Å². The summed E-state index contributed by atoms with van der Waals surface area (Å²) in [6.07, 6.45) is -5.01. The lowest BCUT2D eigenvalue weighted by molar-refractivity contribution is -0.167. The maximum Gasteiger partial charge on any atom is 0.471 e. The van der Waals surface area contributed by atoms with E-state index in [0.29, 0.717) is 22.6 Å². The van der Waals surface area contributed by atoms with Gasteiger partial charge in [-0.15, -0.1) is 0 Å². The van der Waals surface area contributed by atoms with Crippen LogP contribution in [0, 0.1) is 13.8 Å². The summed E-state index contributed by atoms with van der Waals surface area (Å²) in [5, 5.41) is 1.85. The van der Waals surface area contributed by atoms with E-state index in [1.54, 1.807) is 13.0 Å².